The van der Waals surface area contributed by atoms with Gasteiger partial charge in [0.15, 0.2) is 0 Å². The van der Waals surface area contributed by atoms with Crippen molar-refractivity contribution >= 4 is 10.2 Å². The van der Waals surface area contributed by atoms with Crippen molar-refractivity contribution in [2.75, 3.05) is 13.1 Å². The SMILES string of the molecule is CC(C)N1CCC(S(=O)(=O)F)C1. The quantitative estimate of drug-likeness (QED) is 0.611. The Hall–Kier alpha value is -0.160. The number of hydrogen-bond acceptors (Lipinski definition) is 3. The highest BCUT2D eigenvalue weighted by Gasteiger charge is 2.33. The minimum atomic E-state index is -4.31. The fraction of sp³-hybridized carbons (Fsp3) is 1.00. The van der Waals surface area contributed by atoms with E-state index in [1.54, 1.807) is 0 Å². The zero-order chi connectivity index (χ0) is 9.35. The molecule has 0 bridgehead atoms. The first kappa shape index (κ1) is 9.92. The van der Waals surface area contributed by atoms with Gasteiger partial charge in [0.1, 0.15) is 5.25 Å². The van der Waals surface area contributed by atoms with Gasteiger partial charge in [-0.1, -0.05) is 0 Å². The highest BCUT2D eigenvalue weighted by atomic mass is 32.3. The molecule has 1 unspecified atom stereocenters. The van der Waals surface area contributed by atoms with E-state index in [1.807, 2.05) is 18.7 Å². The summed E-state index contributed by atoms with van der Waals surface area (Å²) in [4.78, 5) is 1.97. The first-order valence-corrected chi connectivity index (χ1v) is 5.53. The zero-order valence-corrected chi connectivity index (χ0v) is 8.14. The minimum Gasteiger partial charge on any atom is -0.299 e. The molecule has 0 spiro atoms. The molecule has 0 saturated carbocycles. The van der Waals surface area contributed by atoms with Crippen LogP contribution in [0, 0.1) is 0 Å². The molecule has 0 N–H and O–H groups in total. The van der Waals surface area contributed by atoms with Gasteiger partial charge in [-0.2, -0.15) is 8.42 Å². The largest absolute Gasteiger partial charge is 0.306 e. The molecule has 0 aromatic carbocycles. The lowest BCUT2D eigenvalue weighted by atomic mass is 10.3. The van der Waals surface area contributed by atoms with Crippen LogP contribution in [0.3, 0.4) is 0 Å². The molecule has 0 radical (unpaired) electrons. The van der Waals surface area contributed by atoms with Gasteiger partial charge >= 0.3 is 10.2 Å². The molecule has 1 saturated heterocycles. The Morgan fingerprint density at radius 3 is 2.33 bits per heavy atom. The van der Waals surface area contributed by atoms with Crippen LogP contribution in [0.5, 0.6) is 0 Å². The number of rotatable bonds is 2. The normalized spacial score (nSPS) is 26.8. The molecule has 1 fully saturated rings. The minimum absolute atomic E-state index is 0.303. The number of nitrogens with zero attached hydrogens (tertiary/aromatic N) is 1. The molecule has 0 aliphatic carbocycles. The number of halogens is 1. The Balaban J connectivity index is 2.58. The van der Waals surface area contributed by atoms with Gasteiger partial charge in [0, 0.05) is 12.6 Å². The Labute approximate surface area is 72.8 Å². The van der Waals surface area contributed by atoms with Crippen LogP contribution >= 0.6 is 0 Å². The van der Waals surface area contributed by atoms with Gasteiger partial charge in [0.2, 0.25) is 0 Å². The summed E-state index contributed by atoms with van der Waals surface area (Å²) in [5.41, 5.74) is 0. The van der Waals surface area contributed by atoms with Crippen molar-refractivity contribution in [2.24, 2.45) is 0 Å². The first-order chi connectivity index (χ1) is 5.41. The van der Waals surface area contributed by atoms with Crippen molar-refractivity contribution in [3.05, 3.63) is 0 Å². The van der Waals surface area contributed by atoms with Crippen molar-refractivity contribution in [1.29, 1.82) is 0 Å². The Bertz CT molecular complexity index is 250. The summed E-state index contributed by atoms with van der Waals surface area (Å²) in [6, 6.07) is 0.303. The molecule has 1 aliphatic heterocycles. The lowest BCUT2D eigenvalue weighted by molar-refractivity contribution is 0.276. The van der Waals surface area contributed by atoms with E-state index in [2.05, 4.69) is 0 Å². The second-order valence-electron chi connectivity index (χ2n) is 3.47. The molecule has 12 heavy (non-hydrogen) atoms. The summed E-state index contributed by atoms with van der Waals surface area (Å²) in [5.74, 6) is 0. The van der Waals surface area contributed by atoms with E-state index >= 15 is 0 Å². The van der Waals surface area contributed by atoms with E-state index in [-0.39, 0.29) is 0 Å². The summed E-state index contributed by atoms with van der Waals surface area (Å²) in [6.07, 6.45) is 0.428. The highest BCUT2D eigenvalue weighted by molar-refractivity contribution is 7.87. The third-order valence-electron chi connectivity index (χ3n) is 2.30. The predicted octanol–water partition coefficient (Wildman–Crippen LogP) is 0.768. The third kappa shape index (κ3) is 2.17. The Kier molecular flexibility index (Phi) is 2.73. The zero-order valence-electron chi connectivity index (χ0n) is 7.33. The molecule has 0 amide bonds. The van der Waals surface area contributed by atoms with Crippen LogP contribution in [0.15, 0.2) is 0 Å². The van der Waals surface area contributed by atoms with E-state index in [4.69, 9.17) is 0 Å². The van der Waals surface area contributed by atoms with Crippen LogP contribution in [-0.2, 0) is 10.2 Å². The van der Waals surface area contributed by atoms with Crippen LogP contribution in [0.2, 0.25) is 0 Å². The van der Waals surface area contributed by atoms with Crippen LogP contribution in [0.25, 0.3) is 0 Å². The van der Waals surface area contributed by atoms with Gasteiger partial charge in [-0.3, -0.25) is 4.90 Å². The predicted molar refractivity (Wildman–Crippen MR) is 45.1 cm³/mol. The molecule has 1 heterocycles. The maximum absolute atomic E-state index is 12.5. The molecular weight excluding hydrogens is 181 g/mol. The average molecular weight is 195 g/mol. The summed E-state index contributed by atoms with van der Waals surface area (Å²) in [7, 11) is -4.31. The standard InChI is InChI=1S/C7H14FNO2S/c1-6(2)9-4-3-7(5-9)12(8,10)11/h6-7H,3-5H2,1-2H3. The molecule has 1 aliphatic rings. The van der Waals surface area contributed by atoms with E-state index in [9.17, 15) is 12.3 Å². The van der Waals surface area contributed by atoms with Crippen molar-refractivity contribution in [3.8, 4) is 0 Å². The molecule has 5 heteroatoms. The average Bonchev–Trinajstić information content (AvgIpc) is 2.30. The number of hydrogen-bond donors (Lipinski definition) is 0. The molecule has 0 aromatic rings. The molecule has 1 rings (SSSR count). The second kappa shape index (κ2) is 3.30. The van der Waals surface area contributed by atoms with Crippen molar-refractivity contribution in [2.45, 2.75) is 31.6 Å². The van der Waals surface area contributed by atoms with Gasteiger partial charge in [0.25, 0.3) is 0 Å². The van der Waals surface area contributed by atoms with Crippen molar-refractivity contribution < 1.29 is 12.3 Å². The van der Waals surface area contributed by atoms with Gasteiger partial charge in [0.05, 0.1) is 0 Å². The van der Waals surface area contributed by atoms with E-state index < -0.39 is 15.5 Å². The molecule has 1 atom stereocenters. The van der Waals surface area contributed by atoms with Crippen LogP contribution in [0.4, 0.5) is 3.89 Å². The van der Waals surface area contributed by atoms with Crippen molar-refractivity contribution in [1.82, 2.24) is 4.90 Å². The molecule has 72 valence electrons. The summed E-state index contributed by atoms with van der Waals surface area (Å²) >= 11 is 0. The van der Waals surface area contributed by atoms with Gasteiger partial charge in [-0.05, 0) is 26.8 Å². The van der Waals surface area contributed by atoms with Gasteiger partial charge < -0.3 is 0 Å². The van der Waals surface area contributed by atoms with E-state index in [0.29, 0.717) is 25.6 Å². The topological polar surface area (TPSA) is 37.4 Å². The summed E-state index contributed by atoms with van der Waals surface area (Å²) < 4.78 is 33.5. The summed E-state index contributed by atoms with van der Waals surface area (Å²) in [5, 5.41) is -0.792. The smallest absolute Gasteiger partial charge is 0.299 e. The summed E-state index contributed by atoms with van der Waals surface area (Å²) in [6.45, 7) is 4.99. The molecule has 0 aromatic heterocycles. The monoisotopic (exact) mass is 195 g/mol. The maximum atomic E-state index is 12.5. The van der Waals surface area contributed by atoms with E-state index in [0.717, 1.165) is 0 Å². The number of likely N-dealkylation sites (tertiary alicyclic amines) is 1. The van der Waals surface area contributed by atoms with Gasteiger partial charge in [-0.25, -0.2) is 0 Å². The fourth-order valence-electron chi connectivity index (χ4n) is 1.45. The third-order valence-corrected chi connectivity index (χ3v) is 3.49. The lowest BCUT2D eigenvalue weighted by Gasteiger charge is -2.19. The van der Waals surface area contributed by atoms with Gasteiger partial charge in [-0.15, -0.1) is 3.89 Å². The molecular formula is C7H14FNO2S. The van der Waals surface area contributed by atoms with Crippen LogP contribution < -0.4 is 0 Å². The Morgan fingerprint density at radius 1 is 1.50 bits per heavy atom. The molecule has 3 nitrogen and oxygen atoms in total. The van der Waals surface area contributed by atoms with Crippen molar-refractivity contribution in [3.63, 3.8) is 0 Å². The van der Waals surface area contributed by atoms with Crippen LogP contribution in [0.1, 0.15) is 20.3 Å². The second-order valence-corrected chi connectivity index (χ2v) is 5.09. The maximum Gasteiger partial charge on any atom is 0.306 e. The van der Waals surface area contributed by atoms with E-state index in [1.165, 1.54) is 0 Å². The fourth-order valence-corrected chi connectivity index (χ4v) is 2.21. The Morgan fingerprint density at radius 2 is 2.08 bits per heavy atom. The first-order valence-electron chi connectivity index (χ1n) is 4.09. The lowest BCUT2D eigenvalue weighted by Crippen LogP contribution is -2.30. The highest BCUT2D eigenvalue weighted by Crippen LogP contribution is 2.19. The van der Waals surface area contributed by atoms with Crippen LogP contribution in [-0.4, -0.2) is 37.7 Å².